The minimum atomic E-state index is -0.171. The van der Waals surface area contributed by atoms with Crippen molar-refractivity contribution >= 4 is 5.91 Å². The lowest BCUT2D eigenvalue weighted by molar-refractivity contribution is -0.141. The molecule has 2 heterocycles. The normalized spacial score (nSPS) is 28.8. The van der Waals surface area contributed by atoms with E-state index in [-0.39, 0.29) is 11.9 Å². The van der Waals surface area contributed by atoms with Crippen molar-refractivity contribution in [2.45, 2.75) is 57.5 Å². The average Bonchev–Trinajstić information content (AvgIpc) is 2.99. The third kappa shape index (κ3) is 2.40. The molecule has 0 bridgehead atoms. The van der Waals surface area contributed by atoms with Gasteiger partial charge >= 0.3 is 0 Å². The number of likely N-dealkylation sites (tertiary alicyclic amines) is 1. The van der Waals surface area contributed by atoms with Gasteiger partial charge in [0.2, 0.25) is 5.91 Å². The molecule has 1 amide bonds. The van der Waals surface area contributed by atoms with Crippen molar-refractivity contribution in [3.63, 3.8) is 0 Å². The lowest BCUT2D eigenvalue weighted by Crippen LogP contribution is -2.51. The number of carbonyl (C=O) groups is 1. The van der Waals surface area contributed by atoms with E-state index >= 15 is 0 Å². The molecular weight excluding hydrogens is 238 g/mol. The molecule has 1 aromatic heterocycles. The van der Waals surface area contributed by atoms with E-state index in [0.717, 1.165) is 12.5 Å². The second kappa shape index (κ2) is 5.35. The summed E-state index contributed by atoms with van der Waals surface area (Å²) in [6.45, 7) is 2.90. The van der Waals surface area contributed by atoms with Crippen LogP contribution in [0.25, 0.3) is 0 Å². The van der Waals surface area contributed by atoms with Gasteiger partial charge in [-0.1, -0.05) is 12.8 Å². The van der Waals surface area contributed by atoms with Crippen molar-refractivity contribution in [3.8, 4) is 0 Å². The molecular formula is C15H23N3O. The Morgan fingerprint density at radius 1 is 1.26 bits per heavy atom. The van der Waals surface area contributed by atoms with Gasteiger partial charge in [-0.25, -0.2) is 0 Å². The van der Waals surface area contributed by atoms with E-state index < -0.39 is 0 Å². The van der Waals surface area contributed by atoms with Gasteiger partial charge in [0.25, 0.3) is 0 Å². The molecule has 3 atom stereocenters. The highest BCUT2D eigenvalue weighted by molar-refractivity contribution is 5.80. The van der Waals surface area contributed by atoms with E-state index in [4.69, 9.17) is 0 Å². The fourth-order valence-electron chi connectivity index (χ4n) is 3.76. The Morgan fingerprint density at radius 2 is 2.05 bits per heavy atom. The first-order chi connectivity index (χ1) is 9.27. The first-order valence-corrected chi connectivity index (χ1v) is 7.57. The minimum Gasteiger partial charge on any atom is -0.338 e. The number of nitrogens with zero attached hydrogens (tertiary/aromatic N) is 3. The predicted octanol–water partition coefficient (Wildman–Crippen LogP) is 2.63. The van der Waals surface area contributed by atoms with Crippen molar-refractivity contribution in [1.82, 2.24) is 14.7 Å². The third-order valence-corrected chi connectivity index (χ3v) is 4.81. The molecule has 0 aromatic carbocycles. The molecule has 3 rings (SSSR count). The third-order valence-electron chi connectivity index (χ3n) is 4.81. The molecule has 2 aliphatic rings. The molecule has 104 valence electrons. The number of piperidine rings is 1. The summed E-state index contributed by atoms with van der Waals surface area (Å²) in [5.41, 5.74) is 0. The maximum Gasteiger partial charge on any atom is 0.247 e. The van der Waals surface area contributed by atoms with Gasteiger partial charge in [-0.05, 0) is 44.6 Å². The van der Waals surface area contributed by atoms with Crippen LogP contribution in [0.3, 0.4) is 0 Å². The maximum absolute atomic E-state index is 12.7. The van der Waals surface area contributed by atoms with Gasteiger partial charge in [-0.2, -0.15) is 5.10 Å². The van der Waals surface area contributed by atoms with Gasteiger partial charge in [0.05, 0.1) is 0 Å². The highest BCUT2D eigenvalue weighted by Crippen LogP contribution is 2.36. The van der Waals surface area contributed by atoms with Crippen LogP contribution in [0.15, 0.2) is 18.5 Å². The number of rotatable bonds is 2. The zero-order valence-corrected chi connectivity index (χ0v) is 11.7. The zero-order valence-electron chi connectivity index (χ0n) is 11.7. The Bertz CT molecular complexity index is 427. The lowest BCUT2D eigenvalue weighted by Gasteiger charge is -2.45. The van der Waals surface area contributed by atoms with Crippen LogP contribution >= 0.6 is 0 Å². The number of aromatic nitrogens is 2. The number of fused-ring (bicyclic) bond motifs is 1. The predicted molar refractivity (Wildman–Crippen MR) is 73.6 cm³/mol. The van der Waals surface area contributed by atoms with Crippen LogP contribution in [0.1, 0.15) is 51.5 Å². The van der Waals surface area contributed by atoms with Gasteiger partial charge in [-0.3, -0.25) is 9.48 Å². The Morgan fingerprint density at radius 3 is 2.84 bits per heavy atom. The lowest BCUT2D eigenvalue weighted by atomic mass is 9.78. The monoisotopic (exact) mass is 261 g/mol. The first-order valence-electron chi connectivity index (χ1n) is 7.57. The maximum atomic E-state index is 12.7. The smallest absolute Gasteiger partial charge is 0.247 e. The van der Waals surface area contributed by atoms with Crippen LogP contribution in [0.4, 0.5) is 0 Å². The fourth-order valence-corrected chi connectivity index (χ4v) is 3.76. The van der Waals surface area contributed by atoms with Crippen LogP contribution in [0.2, 0.25) is 0 Å². The summed E-state index contributed by atoms with van der Waals surface area (Å²) in [4.78, 5) is 14.9. The Hall–Kier alpha value is -1.32. The van der Waals surface area contributed by atoms with Crippen LogP contribution in [0, 0.1) is 5.92 Å². The van der Waals surface area contributed by atoms with E-state index in [1.165, 1.54) is 38.5 Å². The molecule has 1 saturated carbocycles. The molecule has 1 aliphatic carbocycles. The van der Waals surface area contributed by atoms with Crippen molar-refractivity contribution in [2.75, 3.05) is 6.54 Å². The molecule has 1 aromatic rings. The molecule has 4 nitrogen and oxygen atoms in total. The van der Waals surface area contributed by atoms with E-state index in [2.05, 4.69) is 10.00 Å². The van der Waals surface area contributed by atoms with E-state index in [1.54, 1.807) is 10.9 Å². The Kier molecular flexibility index (Phi) is 3.58. The Balaban J connectivity index is 1.74. The molecule has 0 spiro atoms. The molecule has 1 aliphatic heterocycles. The van der Waals surface area contributed by atoms with Crippen molar-refractivity contribution < 1.29 is 4.79 Å². The highest BCUT2D eigenvalue weighted by Gasteiger charge is 2.37. The Labute approximate surface area is 114 Å². The molecule has 1 saturated heterocycles. The molecule has 2 fully saturated rings. The number of hydrogen-bond acceptors (Lipinski definition) is 2. The van der Waals surface area contributed by atoms with E-state index in [0.29, 0.717) is 6.04 Å². The van der Waals surface area contributed by atoms with Crippen molar-refractivity contribution in [3.05, 3.63) is 18.5 Å². The largest absolute Gasteiger partial charge is 0.338 e. The van der Waals surface area contributed by atoms with Crippen LogP contribution in [-0.2, 0) is 4.79 Å². The highest BCUT2D eigenvalue weighted by atomic mass is 16.2. The van der Waals surface area contributed by atoms with Gasteiger partial charge in [0, 0.05) is 25.0 Å². The van der Waals surface area contributed by atoms with Crippen molar-refractivity contribution in [2.24, 2.45) is 5.92 Å². The number of amides is 1. The zero-order chi connectivity index (χ0) is 13.2. The summed E-state index contributed by atoms with van der Waals surface area (Å²) < 4.78 is 1.77. The van der Waals surface area contributed by atoms with E-state index in [1.807, 2.05) is 19.2 Å². The van der Waals surface area contributed by atoms with Gasteiger partial charge < -0.3 is 4.90 Å². The van der Waals surface area contributed by atoms with Crippen LogP contribution in [-0.4, -0.2) is 33.2 Å². The fraction of sp³-hybridized carbons (Fsp3) is 0.733. The van der Waals surface area contributed by atoms with Gasteiger partial charge in [0.1, 0.15) is 6.04 Å². The molecule has 3 unspecified atom stereocenters. The van der Waals surface area contributed by atoms with Gasteiger partial charge in [0.15, 0.2) is 0 Å². The second-order valence-corrected chi connectivity index (χ2v) is 5.95. The summed E-state index contributed by atoms with van der Waals surface area (Å²) in [5.74, 6) is 0.997. The average molecular weight is 261 g/mol. The minimum absolute atomic E-state index is 0.171. The summed E-state index contributed by atoms with van der Waals surface area (Å²) in [6, 6.07) is 2.20. The van der Waals surface area contributed by atoms with Crippen LogP contribution < -0.4 is 0 Å². The summed E-state index contributed by atoms with van der Waals surface area (Å²) in [5, 5.41) is 4.21. The molecule has 0 N–H and O–H groups in total. The van der Waals surface area contributed by atoms with Gasteiger partial charge in [-0.15, -0.1) is 0 Å². The SMILES string of the molecule is CC(C(=O)N1CCCC2CCCCC21)n1cccn1. The second-order valence-electron chi connectivity index (χ2n) is 5.95. The summed E-state index contributed by atoms with van der Waals surface area (Å²) in [6.07, 6.45) is 11.2. The first kappa shape index (κ1) is 12.7. The topological polar surface area (TPSA) is 38.1 Å². The number of hydrogen-bond donors (Lipinski definition) is 0. The van der Waals surface area contributed by atoms with Crippen LogP contribution in [0.5, 0.6) is 0 Å². The molecule has 4 heteroatoms. The summed E-state index contributed by atoms with van der Waals surface area (Å²) >= 11 is 0. The summed E-state index contributed by atoms with van der Waals surface area (Å²) in [7, 11) is 0. The van der Waals surface area contributed by atoms with E-state index in [9.17, 15) is 4.79 Å². The molecule has 0 radical (unpaired) electrons. The number of carbonyl (C=O) groups excluding carboxylic acids is 1. The standard InChI is InChI=1S/C15H23N3O/c1-12(18-11-5-9-16-18)15(19)17-10-4-7-13-6-2-3-8-14(13)17/h5,9,11-14H,2-4,6-8,10H2,1H3. The van der Waals surface area contributed by atoms with Crippen molar-refractivity contribution in [1.29, 1.82) is 0 Å². The molecule has 19 heavy (non-hydrogen) atoms. The quantitative estimate of drug-likeness (QED) is 0.821.